The molecular weight excluding hydrogens is 297 g/mol. The molecule has 0 atom stereocenters. The van der Waals surface area contributed by atoms with Crippen molar-refractivity contribution in [3.63, 3.8) is 0 Å². The van der Waals surface area contributed by atoms with Crippen molar-refractivity contribution < 1.29 is 4.39 Å². The predicted molar refractivity (Wildman–Crippen MR) is 65.8 cm³/mol. The summed E-state index contributed by atoms with van der Waals surface area (Å²) in [5.41, 5.74) is 1.09. The van der Waals surface area contributed by atoms with Gasteiger partial charge in [-0.05, 0) is 33.6 Å². The van der Waals surface area contributed by atoms with Gasteiger partial charge in [0.05, 0.1) is 4.47 Å². The minimum atomic E-state index is -0.224. The Morgan fingerprint density at radius 3 is 3.00 bits per heavy atom. The van der Waals surface area contributed by atoms with Crippen LogP contribution >= 0.6 is 39.0 Å². The van der Waals surface area contributed by atoms with E-state index in [-0.39, 0.29) is 5.82 Å². The van der Waals surface area contributed by atoms with E-state index >= 15 is 0 Å². The zero-order chi connectivity index (χ0) is 10.7. The van der Waals surface area contributed by atoms with Crippen molar-refractivity contribution in [1.82, 2.24) is 4.98 Å². The fourth-order valence-corrected chi connectivity index (χ4v) is 3.06. The van der Waals surface area contributed by atoms with Gasteiger partial charge in [0, 0.05) is 17.3 Å². The molecule has 0 aliphatic heterocycles. The minimum absolute atomic E-state index is 0.224. The third kappa shape index (κ3) is 3.03. The van der Waals surface area contributed by atoms with Crippen LogP contribution in [0.3, 0.4) is 0 Å². The molecule has 1 aromatic carbocycles. The molecule has 2 aromatic rings. The van der Waals surface area contributed by atoms with E-state index in [4.69, 9.17) is 0 Å². The maximum Gasteiger partial charge on any atom is 0.150 e. The second-order valence-corrected chi connectivity index (χ2v) is 5.81. The van der Waals surface area contributed by atoms with Gasteiger partial charge in [-0.1, -0.05) is 17.8 Å². The molecule has 1 nitrogen and oxygen atoms in total. The lowest BCUT2D eigenvalue weighted by Crippen LogP contribution is -1.83. The van der Waals surface area contributed by atoms with Crippen molar-refractivity contribution in [2.75, 3.05) is 0 Å². The van der Waals surface area contributed by atoms with Gasteiger partial charge in [0.2, 0.25) is 0 Å². The van der Waals surface area contributed by atoms with Crippen molar-refractivity contribution in [3.8, 4) is 0 Å². The van der Waals surface area contributed by atoms with Crippen LogP contribution in [0.1, 0.15) is 5.56 Å². The summed E-state index contributed by atoms with van der Waals surface area (Å²) in [6, 6.07) is 5.07. The molecule has 0 saturated heterocycles. The molecule has 78 valence electrons. The van der Waals surface area contributed by atoms with Crippen LogP contribution in [0, 0.1) is 5.82 Å². The summed E-state index contributed by atoms with van der Waals surface area (Å²) in [5.74, 6) is 0.588. The fourth-order valence-electron chi connectivity index (χ4n) is 1.06. The summed E-state index contributed by atoms with van der Waals surface area (Å²) >= 11 is 6.44. The molecule has 1 heterocycles. The van der Waals surface area contributed by atoms with Gasteiger partial charge in [-0.25, -0.2) is 9.37 Å². The van der Waals surface area contributed by atoms with Crippen molar-refractivity contribution in [3.05, 3.63) is 45.6 Å². The number of benzene rings is 1. The first kappa shape index (κ1) is 11.1. The highest BCUT2D eigenvalue weighted by Crippen LogP contribution is 2.26. The Morgan fingerprint density at radius 2 is 2.33 bits per heavy atom. The van der Waals surface area contributed by atoms with E-state index < -0.39 is 0 Å². The van der Waals surface area contributed by atoms with Crippen LogP contribution in [0.4, 0.5) is 4.39 Å². The van der Waals surface area contributed by atoms with Crippen molar-refractivity contribution in [1.29, 1.82) is 0 Å². The molecule has 0 spiro atoms. The van der Waals surface area contributed by atoms with Crippen LogP contribution in [-0.2, 0) is 5.75 Å². The molecule has 0 fully saturated rings. The van der Waals surface area contributed by atoms with Gasteiger partial charge in [-0.3, -0.25) is 0 Å². The Morgan fingerprint density at radius 1 is 1.47 bits per heavy atom. The molecule has 0 radical (unpaired) electrons. The normalized spacial score (nSPS) is 10.5. The topological polar surface area (TPSA) is 12.9 Å². The van der Waals surface area contributed by atoms with Crippen LogP contribution in [0.15, 0.2) is 38.6 Å². The van der Waals surface area contributed by atoms with E-state index in [1.807, 2.05) is 5.38 Å². The quantitative estimate of drug-likeness (QED) is 0.783. The molecule has 0 amide bonds. The zero-order valence-corrected chi connectivity index (χ0v) is 10.8. The number of hydrogen-bond acceptors (Lipinski definition) is 3. The van der Waals surface area contributed by atoms with Crippen LogP contribution in [0.25, 0.3) is 0 Å². The van der Waals surface area contributed by atoms with Gasteiger partial charge >= 0.3 is 0 Å². The van der Waals surface area contributed by atoms with Crippen LogP contribution in [0.2, 0.25) is 0 Å². The lowest BCUT2D eigenvalue weighted by atomic mass is 10.2. The Labute approximate surface area is 104 Å². The van der Waals surface area contributed by atoms with E-state index in [9.17, 15) is 4.39 Å². The van der Waals surface area contributed by atoms with Gasteiger partial charge in [-0.2, -0.15) is 0 Å². The Hall–Kier alpha value is -0.390. The van der Waals surface area contributed by atoms with Crippen molar-refractivity contribution in [2.24, 2.45) is 0 Å². The van der Waals surface area contributed by atoms with Crippen LogP contribution in [-0.4, -0.2) is 4.98 Å². The highest BCUT2D eigenvalue weighted by Gasteiger charge is 2.02. The maximum atomic E-state index is 12.9. The zero-order valence-electron chi connectivity index (χ0n) is 7.61. The summed E-state index contributed by atoms with van der Waals surface area (Å²) in [4.78, 5) is 4.17. The van der Waals surface area contributed by atoms with Gasteiger partial charge in [0.15, 0.2) is 0 Å². The molecule has 2 rings (SSSR count). The highest BCUT2D eigenvalue weighted by atomic mass is 79.9. The SMILES string of the molecule is Fc1ccc(CSc2nccs2)cc1Br. The lowest BCUT2D eigenvalue weighted by Gasteiger charge is -2.00. The first-order valence-corrected chi connectivity index (χ1v) is 6.88. The number of thioether (sulfide) groups is 1. The number of hydrogen-bond donors (Lipinski definition) is 0. The maximum absolute atomic E-state index is 12.9. The number of rotatable bonds is 3. The lowest BCUT2D eigenvalue weighted by molar-refractivity contribution is 0.620. The van der Waals surface area contributed by atoms with Crippen LogP contribution < -0.4 is 0 Å². The van der Waals surface area contributed by atoms with Gasteiger partial charge in [-0.15, -0.1) is 11.3 Å². The minimum Gasteiger partial charge on any atom is -0.238 e. The summed E-state index contributed by atoms with van der Waals surface area (Å²) in [6.45, 7) is 0. The van der Waals surface area contributed by atoms with Gasteiger partial charge in [0.1, 0.15) is 10.2 Å². The van der Waals surface area contributed by atoms with Crippen molar-refractivity contribution >= 4 is 39.0 Å². The summed E-state index contributed by atoms with van der Waals surface area (Å²) in [7, 11) is 0. The molecule has 0 unspecified atom stereocenters. The van der Waals surface area contributed by atoms with E-state index in [1.54, 1.807) is 41.4 Å². The molecule has 0 aliphatic carbocycles. The molecular formula is C10H7BrFNS2. The molecule has 15 heavy (non-hydrogen) atoms. The molecule has 0 saturated carbocycles. The number of halogens is 2. The van der Waals surface area contributed by atoms with E-state index in [0.717, 1.165) is 15.7 Å². The molecule has 0 N–H and O–H groups in total. The summed E-state index contributed by atoms with van der Waals surface area (Å²) in [6.07, 6.45) is 1.79. The Balaban J connectivity index is 2.02. The molecule has 1 aromatic heterocycles. The van der Waals surface area contributed by atoms with Gasteiger partial charge < -0.3 is 0 Å². The van der Waals surface area contributed by atoms with Crippen LogP contribution in [0.5, 0.6) is 0 Å². The first-order valence-electron chi connectivity index (χ1n) is 4.22. The standard InChI is InChI=1S/C10H7BrFNS2/c11-8-5-7(1-2-9(8)12)6-15-10-13-3-4-14-10/h1-5H,6H2. The predicted octanol–water partition coefficient (Wildman–Crippen LogP) is 4.34. The Kier molecular flexibility index (Phi) is 3.77. The average Bonchev–Trinajstić information content (AvgIpc) is 2.73. The monoisotopic (exact) mass is 303 g/mol. The second-order valence-electron chi connectivity index (χ2n) is 2.84. The van der Waals surface area contributed by atoms with E-state index in [1.165, 1.54) is 6.07 Å². The molecule has 5 heteroatoms. The largest absolute Gasteiger partial charge is 0.238 e. The van der Waals surface area contributed by atoms with Crippen molar-refractivity contribution in [2.45, 2.75) is 10.1 Å². The smallest absolute Gasteiger partial charge is 0.150 e. The third-order valence-corrected chi connectivity index (χ3v) is 4.40. The number of nitrogens with zero attached hydrogens (tertiary/aromatic N) is 1. The van der Waals surface area contributed by atoms with Gasteiger partial charge in [0.25, 0.3) is 0 Å². The first-order chi connectivity index (χ1) is 7.25. The number of thiazole rings is 1. The van der Waals surface area contributed by atoms with E-state index in [0.29, 0.717) is 4.47 Å². The Bertz CT molecular complexity index is 445. The summed E-state index contributed by atoms with van der Waals surface area (Å²) < 4.78 is 14.5. The molecule has 0 bridgehead atoms. The molecule has 0 aliphatic rings. The second kappa shape index (κ2) is 5.09. The highest BCUT2D eigenvalue weighted by molar-refractivity contribution is 9.10. The number of aromatic nitrogens is 1. The third-order valence-electron chi connectivity index (χ3n) is 1.76. The summed E-state index contributed by atoms with van der Waals surface area (Å²) in [5, 5.41) is 1.95. The van der Waals surface area contributed by atoms with E-state index in [2.05, 4.69) is 20.9 Å². The fraction of sp³-hybridized carbons (Fsp3) is 0.100. The average molecular weight is 304 g/mol.